The molecule has 0 saturated carbocycles. The smallest absolute Gasteiger partial charge is 0.229 e. The normalized spacial score (nSPS) is 16.8. The molecule has 0 bridgehead atoms. The Bertz CT molecular complexity index is 844. The van der Waals surface area contributed by atoms with Crippen molar-refractivity contribution in [3.63, 3.8) is 0 Å². The van der Waals surface area contributed by atoms with Gasteiger partial charge in [-0.1, -0.05) is 28.1 Å². The quantitative estimate of drug-likeness (QED) is 0.883. The second-order valence-electron chi connectivity index (χ2n) is 5.57. The maximum absolute atomic E-state index is 12.4. The Kier molecular flexibility index (Phi) is 4.63. The lowest BCUT2D eigenvalue weighted by molar-refractivity contribution is -0.122. The van der Waals surface area contributed by atoms with E-state index in [-0.39, 0.29) is 18.2 Å². The molecule has 0 aromatic heterocycles. The fraction of sp³-hybridized carbons (Fsp3) is 0.167. The summed E-state index contributed by atoms with van der Waals surface area (Å²) < 4.78 is 0.873. The zero-order valence-electron chi connectivity index (χ0n) is 12.7. The van der Waals surface area contributed by atoms with Crippen LogP contribution < -0.4 is 10.2 Å². The Morgan fingerprint density at radius 1 is 1.25 bits per heavy atom. The Morgan fingerprint density at radius 2 is 2.04 bits per heavy atom. The fourth-order valence-corrected chi connectivity index (χ4v) is 3.09. The molecule has 120 valence electrons. The lowest BCUT2D eigenvalue weighted by atomic mass is 10.1. The van der Waals surface area contributed by atoms with E-state index in [0.717, 1.165) is 4.47 Å². The average Bonchev–Trinajstić information content (AvgIpc) is 2.97. The van der Waals surface area contributed by atoms with Crippen molar-refractivity contribution in [3.05, 3.63) is 58.6 Å². The summed E-state index contributed by atoms with van der Waals surface area (Å²) in [6, 6.07) is 16.2. The number of nitriles is 1. The van der Waals surface area contributed by atoms with Crippen LogP contribution in [0.15, 0.2) is 53.0 Å². The molecule has 2 aromatic carbocycles. The van der Waals surface area contributed by atoms with Crippen molar-refractivity contribution in [2.45, 2.75) is 6.42 Å². The van der Waals surface area contributed by atoms with Crippen LogP contribution in [0.3, 0.4) is 0 Å². The van der Waals surface area contributed by atoms with Gasteiger partial charge in [0.05, 0.1) is 17.6 Å². The van der Waals surface area contributed by atoms with Crippen LogP contribution in [0.1, 0.15) is 12.0 Å². The molecule has 3 rings (SSSR count). The van der Waals surface area contributed by atoms with E-state index in [9.17, 15) is 9.59 Å². The van der Waals surface area contributed by atoms with E-state index in [1.807, 2.05) is 18.2 Å². The van der Waals surface area contributed by atoms with Gasteiger partial charge < -0.3 is 10.2 Å². The summed E-state index contributed by atoms with van der Waals surface area (Å²) in [5.74, 6) is -0.706. The number of benzene rings is 2. The first-order valence-corrected chi connectivity index (χ1v) is 8.23. The summed E-state index contributed by atoms with van der Waals surface area (Å²) in [7, 11) is 0. The highest BCUT2D eigenvalue weighted by Gasteiger charge is 2.35. The summed E-state index contributed by atoms with van der Waals surface area (Å²) >= 11 is 3.36. The van der Waals surface area contributed by atoms with Gasteiger partial charge in [-0.2, -0.15) is 5.26 Å². The number of hydrogen-bond acceptors (Lipinski definition) is 3. The average molecular weight is 384 g/mol. The molecule has 0 radical (unpaired) electrons. The van der Waals surface area contributed by atoms with Gasteiger partial charge in [0, 0.05) is 28.8 Å². The summed E-state index contributed by atoms with van der Waals surface area (Å²) in [6.07, 6.45) is 0.163. The zero-order valence-corrected chi connectivity index (χ0v) is 14.3. The molecule has 1 unspecified atom stereocenters. The number of amides is 2. The lowest BCUT2D eigenvalue weighted by Gasteiger charge is -2.17. The van der Waals surface area contributed by atoms with Crippen LogP contribution in [-0.2, 0) is 9.59 Å². The van der Waals surface area contributed by atoms with Crippen LogP contribution >= 0.6 is 15.9 Å². The van der Waals surface area contributed by atoms with Crippen molar-refractivity contribution in [1.82, 2.24) is 0 Å². The van der Waals surface area contributed by atoms with Gasteiger partial charge in [0.1, 0.15) is 0 Å². The summed E-state index contributed by atoms with van der Waals surface area (Å²) in [6.45, 7) is 0.313. The third-order valence-corrected chi connectivity index (χ3v) is 4.37. The molecule has 1 N–H and O–H groups in total. The first-order valence-electron chi connectivity index (χ1n) is 7.44. The van der Waals surface area contributed by atoms with Gasteiger partial charge in [-0.25, -0.2) is 0 Å². The van der Waals surface area contributed by atoms with Crippen LogP contribution in [0.5, 0.6) is 0 Å². The largest absolute Gasteiger partial charge is 0.326 e. The van der Waals surface area contributed by atoms with E-state index in [1.54, 1.807) is 35.2 Å². The molecule has 24 heavy (non-hydrogen) atoms. The number of halogens is 1. The first-order chi connectivity index (χ1) is 11.6. The van der Waals surface area contributed by atoms with Gasteiger partial charge in [0.2, 0.25) is 11.8 Å². The second-order valence-corrected chi connectivity index (χ2v) is 6.48. The molecule has 1 heterocycles. The van der Waals surface area contributed by atoms with E-state index in [0.29, 0.717) is 23.5 Å². The van der Waals surface area contributed by atoms with Crippen molar-refractivity contribution in [3.8, 4) is 6.07 Å². The molecule has 1 atom stereocenters. The highest BCUT2D eigenvalue weighted by atomic mass is 79.9. The van der Waals surface area contributed by atoms with Crippen molar-refractivity contribution in [2.75, 3.05) is 16.8 Å². The van der Waals surface area contributed by atoms with Crippen LogP contribution in [-0.4, -0.2) is 18.4 Å². The molecule has 0 spiro atoms. The molecule has 0 aliphatic carbocycles. The van der Waals surface area contributed by atoms with Gasteiger partial charge in [0.15, 0.2) is 0 Å². The number of carbonyl (C=O) groups is 2. The van der Waals surface area contributed by atoms with E-state index in [2.05, 4.69) is 27.3 Å². The van der Waals surface area contributed by atoms with Crippen molar-refractivity contribution in [1.29, 1.82) is 5.26 Å². The minimum Gasteiger partial charge on any atom is -0.326 e. The third-order valence-electron chi connectivity index (χ3n) is 3.87. The first kappa shape index (κ1) is 16.2. The highest BCUT2D eigenvalue weighted by molar-refractivity contribution is 9.10. The number of anilines is 2. The molecule has 1 aliphatic heterocycles. The zero-order chi connectivity index (χ0) is 17.1. The standard InChI is InChI=1S/C18H14BrN3O2/c19-14-4-2-5-15(9-14)21-18(24)13-8-17(23)22(11-13)16-6-1-3-12(7-16)10-20/h1-7,9,13H,8,11H2,(H,21,24). The molecule has 2 aromatic rings. The molecule has 5 nitrogen and oxygen atoms in total. The SMILES string of the molecule is N#Cc1cccc(N2CC(C(=O)Nc3cccc(Br)c3)CC2=O)c1. The van der Waals surface area contributed by atoms with E-state index >= 15 is 0 Å². The maximum atomic E-state index is 12.4. The van der Waals surface area contributed by atoms with E-state index in [4.69, 9.17) is 5.26 Å². The third kappa shape index (κ3) is 3.47. The summed E-state index contributed by atoms with van der Waals surface area (Å²) in [5.41, 5.74) is 1.82. The van der Waals surface area contributed by atoms with Gasteiger partial charge in [0.25, 0.3) is 0 Å². The van der Waals surface area contributed by atoms with Crippen LogP contribution in [0.2, 0.25) is 0 Å². The van der Waals surface area contributed by atoms with Crippen LogP contribution in [0.4, 0.5) is 11.4 Å². The Balaban J connectivity index is 1.72. The number of hydrogen-bond donors (Lipinski definition) is 1. The molecule has 1 saturated heterocycles. The van der Waals surface area contributed by atoms with Gasteiger partial charge in [-0.15, -0.1) is 0 Å². The van der Waals surface area contributed by atoms with E-state index < -0.39 is 5.92 Å². The summed E-state index contributed by atoms with van der Waals surface area (Å²) in [4.78, 5) is 26.2. The molecular weight excluding hydrogens is 370 g/mol. The number of nitrogens with zero attached hydrogens (tertiary/aromatic N) is 2. The highest BCUT2D eigenvalue weighted by Crippen LogP contribution is 2.27. The number of nitrogens with one attached hydrogen (secondary N) is 1. The lowest BCUT2D eigenvalue weighted by Crippen LogP contribution is -2.28. The minimum atomic E-state index is -0.415. The summed E-state index contributed by atoms with van der Waals surface area (Å²) in [5, 5.41) is 11.8. The fourth-order valence-electron chi connectivity index (χ4n) is 2.69. The van der Waals surface area contributed by atoms with E-state index in [1.165, 1.54) is 0 Å². The van der Waals surface area contributed by atoms with Crippen LogP contribution in [0, 0.1) is 17.2 Å². The van der Waals surface area contributed by atoms with Crippen molar-refractivity contribution < 1.29 is 9.59 Å². The molecule has 2 amide bonds. The van der Waals surface area contributed by atoms with Gasteiger partial charge >= 0.3 is 0 Å². The Hall–Kier alpha value is -2.65. The maximum Gasteiger partial charge on any atom is 0.229 e. The molecule has 1 aliphatic rings. The monoisotopic (exact) mass is 383 g/mol. The minimum absolute atomic E-state index is 0.112. The topological polar surface area (TPSA) is 73.2 Å². The predicted octanol–water partition coefficient (Wildman–Crippen LogP) is 3.31. The number of rotatable bonds is 3. The number of carbonyl (C=O) groups excluding carboxylic acids is 2. The Labute approximate surface area is 148 Å². The van der Waals surface area contributed by atoms with Gasteiger partial charge in [-0.05, 0) is 36.4 Å². The second kappa shape index (κ2) is 6.85. The molecule has 6 heteroatoms. The van der Waals surface area contributed by atoms with Gasteiger partial charge in [-0.3, -0.25) is 9.59 Å². The predicted molar refractivity (Wildman–Crippen MR) is 94.4 cm³/mol. The van der Waals surface area contributed by atoms with Crippen LogP contribution in [0.25, 0.3) is 0 Å². The molecule has 1 fully saturated rings. The molecular formula is C18H14BrN3O2. The Morgan fingerprint density at radius 3 is 2.79 bits per heavy atom. The van der Waals surface area contributed by atoms with Crippen molar-refractivity contribution >= 4 is 39.1 Å². The van der Waals surface area contributed by atoms with Crippen molar-refractivity contribution in [2.24, 2.45) is 5.92 Å².